The fourth-order valence-electron chi connectivity index (χ4n) is 5.75. The topological polar surface area (TPSA) is 104 Å². The highest BCUT2D eigenvalue weighted by molar-refractivity contribution is 5.88. The first kappa shape index (κ1) is 27.4. The SMILES string of the molecule is COC(=O)c1ccc(OCC(C2CCCCC2)C2(c3ccc(OC)nc3OC)Nc3cc(F)c(F)cc3N2)nc1. The van der Waals surface area contributed by atoms with Crippen molar-refractivity contribution in [1.29, 1.82) is 0 Å². The van der Waals surface area contributed by atoms with Crippen LogP contribution in [0.5, 0.6) is 17.6 Å². The van der Waals surface area contributed by atoms with Gasteiger partial charge in [-0.15, -0.1) is 0 Å². The number of pyridine rings is 2. The number of halogens is 2. The highest BCUT2D eigenvalue weighted by Crippen LogP contribution is 2.51. The van der Waals surface area contributed by atoms with Crippen LogP contribution in [0.2, 0.25) is 0 Å². The Hall–Kier alpha value is -4.15. The van der Waals surface area contributed by atoms with Crippen molar-refractivity contribution in [1.82, 2.24) is 9.97 Å². The number of aromatic nitrogens is 2. The number of ether oxygens (including phenoxy) is 4. The second-order valence-electron chi connectivity index (χ2n) is 9.97. The van der Waals surface area contributed by atoms with Crippen LogP contribution in [-0.4, -0.2) is 43.9 Å². The molecule has 9 nitrogen and oxygen atoms in total. The lowest BCUT2D eigenvalue weighted by Crippen LogP contribution is -2.52. The van der Waals surface area contributed by atoms with Gasteiger partial charge in [-0.25, -0.2) is 18.6 Å². The van der Waals surface area contributed by atoms with Crippen molar-refractivity contribution in [3.8, 4) is 17.6 Å². The number of nitrogens with one attached hydrogen (secondary N) is 2. The molecular weight excluding hydrogens is 522 g/mol. The second kappa shape index (κ2) is 11.5. The summed E-state index contributed by atoms with van der Waals surface area (Å²) in [5.41, 5.74) is 0.682. The molecule has 1 saturated carbocycles. The summed E-state index contributed by atoms with van der Waals surface area (Å²) in [5, 5.41) is 6.94. The van der Waals surface area contributed by atoms with Crippen LogP contribution in [-0.2, 0) is 10.4 Å². The number of nitrogens with zero attached hydrogens (tertiary/aromatic N) is 2. The Morgan fingerprint density at radius 2 is 1.65 bits per heavy atom. The van der Waals surface area contributed by atoms with Crippen molar-refractivity contribution >= 4 is 17.3 Å². The molecule has 2 aliphatic rings. The van der Waals surface area contributed by atoms with E-state index in [1.807, 2.05) is 6.07 Å². The smallest absolute Gasteiger partial charge is 0.339 e. The van der Waals surface area contributed by atoms with Gasteiger partial charge in [-0.2, -0.15) is 4.98 Å². The fourth-order valence-corrected chi connectivity index (χ4v) is 5.75. The molecule has 3 heterocycles. The van der Waals surface area contributed by atoms with Gasteiger partial charge in [0, 0.05) is 36.4 Å². The zero-order chi connectivity index (χ0) is 28.3. The van der Waals surface area contributed by atoms with Gasteiger partial charge in [0.1, 0.15) is 5.66 Å². The van der Waals surface area contributed by atoms with Gasteiger partial charge in [-0.1, -0.05) is 19.3 Å². The number of fused-ring (bicyclic) bond motifs is 1. The molecule has 0 saturated heterocycles. The van der Waals surface area contributed by atoms with Crippen molar-refractivity contribution in [3.63, 3.8) is 0 Å². The molecule has 1 aliphatic heterocycles. The predicted molar refractivity (Wildman–Crippen MR) is 144 cm³/mol. The normalized spacial score (nSPS) is 16.7. The molecule has 1 fully saturated rings. The number of benzene rings is 1. The lowest BCUT2D eigenvalue weighted by molar-refractivity contribution is 0.0600. The maximum Gasteiger partial charge on any atom is 0.339 e. The first-order chi connectivity index (χ1) is 19.4. The van der Waals surface area contributed by atoms with E-state index in [-0.39, 0.29) is 18.4 Å². The van der Waals surface area contributed by atoms with Crippen LogP contribution in [0.15, 0.2) is 42.6 Å². The Balaban J connectivity index is 1.58. The van der Waals surface area contributed by atoms with E-state index >= 15 is 0 Å². The van der Waals surface area contributed by atoms with E-state index in [1.54, 1.807) is 18.2 Å². The number of carbonyl (C=O) groups excluding carboxylic acids is 1. The van der Waals surface area contributed by atoms with Crippen LogP contribution in [0.1, 0.15) is 48.0 Å². The highest BCUT2D eigenvalue weighted by atomic mass is 19.2. The van der Waals surface area contributed by atoms with E-state index in [0.717, 1.165) is 44.2 Å². The second-order valence-corrected chi connectivity index (χ2v) is 9.97. The van der Waals surface area contributed by atoms with Gasteiger partial charge in [0.15, 0.2) is 11.6 Å². The molecule has 3 aromatic rings. The number of rotatable bonds is 9. The van der Waals surface area contributed by atoms with Crippen molar-refractivity contribution in [3.05, 3.63) is 65.4 Å². The number of methoxy groups -OCH3 is 3. The van der Waals surface area contributed by atoms with E-state index in [9.17, 15) is 13.6 Å². The Morgan fingerprint density at radius 1 is 0.975 bits per heavy atom. The van der Waals surface area contributed by atoms with Gasteiger partial charge in [-0.3, -0.25) is 0 Å². The van der Waals surface area contributed by atoms with Crippen molar-refractivity contribution in [2.75, 3.05) is 38.6 Å². The van der Waals surface area contributed by atoms with E-state index in [2.05, 4.69) is 20.6 Å². The fraction of sp³-hybridized carbons (Fsp3) is 0.414. The summed E-state index contributed by atoms with van der Waals surface area (Å²) in [5.74, 6) is -1.49. The molecule has 0 spiro atoms. The third kappa shape index (κ3) is 5.20. The van der Waals surface area contributed by atoms with Crippen LogP contribution < -0.4 is 24.8 Å². The van der Waals surface area contributed by atoms with E-state index < -0.39 is 23.3 Å². The van der Waals surface area contributed by atoms with E-state index in [0.29, 0.717) is 40.1 Å². The van der Waals surface area contributed by atoms with E-state index in [4.69, 9.17) is 18.9 Å². The number of hydrogen-bond donors (Lipinski definition) is 2. The molecule has 2 N–H and O–H groups in total. The molecular formula is C29H32F2N4O5. The quantitative estimate of drug-likeness (QED) is 0.331. The molecule has 0 amide bonds. The van der Waals surface area contributed by atoms with Gasteiger partial charge in [-0.05, 0) is 30.9 Å². The van der Waals surface area contributed by atoms with Crippen LogP contribution in [0.4, 0.5) is 20.2 Å². The van der Waals surface area contributed by atoms with Crippen LogP contribution in [0.3, 0.4) is 0 Å². The largest absolute Gasteiger partial charge is 0.481 e. The average molecular weight is 555 g/mol. The zero-order valence-corrected chi connectivity index (χ0v) is 22.6. The van der Waals surface area contributed by atoms with Gasteiger partial charge < -0.3 is 29.6 Å². The lowest BCUT2D eigenvalue weighted by Gasteiger charge is -2.44. The molecule has 40 heavy (non-hydrogen) atoms. The van der Waals surface area contributed by atoms with Gasteiger partial charge in [0.05, 0.1) is 50.4 Å². The van der Waals surface area contributed by atoms with Crippen molar-refractivity contribution < 1.29 is 32.5 Å². The third-order valence-corrected chi connectivity index (χ3v) is 7.73. The molecule has 212 valence electrons. The Labute approximate surface area is 231 Å². The summed E-state index contributed by atoms with van der Waals surface area (Å²) in [6.45, 7) is 0.198. The number of carbonyl (C=O) groups is 1. The van der Waals surface area contributed by atoms with Crippen molar-refractivity contribution in [2.24, 2.45) is 11.8 Å². The van der Waals surface area contributed by atoms with Crippen LogP contribution in [0, 0.1) is 23.5 Å². The Morgan fingerprint density at radius 3 is 2.23 bits per heavy atom. The summed E-state index contributed by atoms with van der Waals surface area (Å²) in [4.78, 5) is 20.6. The van der Waals surface area contributed by atoms with E-state index in [1.165, 1.54) is 27.5 Å². The van der Waals surface area contributed by atoms with Gasteiger partial charge >= 0.3 is 5.97 Å². The number of esters is 1. The molecule has 5 rings (SSSR count). The molecule has 1 atom stereocenters. The Bertz CT molecular complexity index is 1330. The first-order valence-electron chi connectivity index (χ1n) is 13.2. The third-order valence-electron chi connectivity index (χ3n) is 7.73. The molecule has 0 radical (unpaired) electrons. The Kier molecular flexibility index (Phi) is 7.90. The predicted octanol–water partition coefficient (Wildman–Crippen LogP) is 5.52. The minimum atomic E-state index is -1.10. The van der Waals surface area contributed by atoms with Crippen LogP contribution in [0.25, 0.3) is 0 Å². The summed E-state index contributed by atoms with van der Waals surface area (Å²) in [7, 11) is 4.34. The first-order valence-corrected chi connectivity index (χ1v) is 13.2. The number of anilines is 2. The molecule has 1 aromatic carbocycles. The molecule has 1 unspecified atom stereocenters. The monoisotopic (exact) mass is 554 g/mol. The minimum absolute atomic E-state index is 0.180. The summed E-state index contributed by atoms with van der Waals surface area (Å²) >= 11 is 0. The molecule has 11 heteroatoms. The molecule has 1 aliphatic carbocycles. The minimum Gasteiger partial charge on any atom is -0.481 e. The maximum atomic E-state index is 14.4. The zero-order valence-electron chi connectivity index (χ0n) is 22.6. The summed E-state index contributed by atoms with van der Waals surface area (Å²) in [6, 6.07) is 9.05. The number of hydrogen-bond acceptors (Lipinski definition) is 9. The maximum absolute atomic E-state index is 14.4. The van der Waals surface area contributed by atoms with Gasteiger partial charge in [0.25, 0.3) is 0 Å². The van der Waals surface area contributed by atoms with Crippen molar-refractivity contribution in [2.45, 2.75) is 37.8 Å². The highest BCUT2D eigenvalue weighted by Gasteiger charge is 2.51. The lowest BCUT2D eigenvalue weighted by atomic mass is 9.72. The van der Waals surface area contributed by atoms with Crippen LogP contribution >= 0.6 is 0 Å². The standard InChI is InChI=1S/C29H32F2N4O5/c1-37-26-12-10-19(27(33-26)38-2)29(34-23-13-21(30)22(31)14-24(23)35-29)20(17-7-5-4-6-8-17)16-40-25-11-9-18(15-32-25)28(36)39-3/h9-15,17,20,34-35H,4-8,16H2,1-3H3. The summed E-state index contributed by atoms with van der Waals surface area (Å²) < 4.78 is 50.7. The summed E-state index contributed by atoms with van der Waals surface area (Å²) in [6.07, 6.45) is 6.53. The molecule has 0 bridgehead atoms. The molecule has 2 aromatic heterocycles. The van der Waals surface area contributed by atoms with Gasteiger partial charge in [0.2, 0.25) is 17.6 Å². The average Bonchev–Trinajstić information content (AvgIpc) is 3.36.